The SMILES string of the molecule is Cn1nc2cc(N3CCOc4cc(C(=O)NCCCCO)cnc43)ccn2c1=O. The molecule has 0 unspecified atom stereocenters. The second-order valence-electron chi connectivity index (χ2n) is 6.75. The average Bonchev–Trinajstić information content (AvgIpc) is 3.03. The maximum absolute atomic E-state index is 12.3. The summed E-state index contributed by atoms with van der Waals surface area (Å²) < 4.78 is 8.49. The number of ether oxygens (including phenoxy) is 1. The standard InChI is InChI=1S/C19H22N6O4/c1-23-19(28)25-6-4-14(11-16(25)22-23)24-7-9-29-15-10-13(12-21-17(15)24)18(27)20-5-2-3-8-26/h4,6,10-12,26H,2-3,5,7-9H2,1H3,(H,20,27). The van der Waals surface area contributed by atoms with Gasteiger partial charge in [0.05, 0.1) is 12.1 Å². The molecule has 29 heavy (non-hydrogen) atoms. The normalized spacial score (nSPS) is 13.2. The topological polar surface area (TPSA) is 114 Å². The van der Waals surface area contributed by atoms with Crippen molar-refractivity contribution >= 4 is 23.1 Å². The summed E-state index contributed by atoms with van der Waals surface area (Å²) in [6.07, 6.45) is 4.56. The van der Waals surface area contributed by atoms with Gasteiger partial charge in [-0.3, -0.25) is 9.20 Å². The van der Waals surface area contributed by atoms with Crippen LogP contribution in [0.3, 0.4) is 0 Å². The van der Waals surface area contributed by atoms with E-state index >= 15 is 0 Å². The van der Waals surface area contributed by atoms with Crippen molar-refractivity contribution in [2.45, 2.75) is 12.8 Å². The Hall–Kier alpha value is -3.40. The summed E-state index contributed by atoms with van der Waals surface area (Å²) in [4.78, 5) is 30.7. The highest BCUT2D eigenvalue weighted by atomic mass is 16.5. The lowest BCUT2D eigenvalue weighted by Gasteiger charge is -2.30. The number of carbonyl (C=O) groups excluding carboxylic acids is 1. The number of rotatable bonds is 6. The van der Waals surface area contributed by atoms with Gasteiger partial charge < -0.3 is 20.1 Å². The van der Waals surface area contributed by atoms with Crippen LogP contribution in [0.25, 0.3) is 5.65 Å². The van der Waals surface area contributed by atoms with Gasteiger partial charge in [0.25, 0.3) is 5.91 Å². The first kappa shape index (κ1) is 18.9. The minimum absolute atomic E-state index is 0.110. The van der Waals surface area contributed by atoms with E-state index in [1.54, 1.807) is 19.3 Å². The van der Waals surface area contributed by atoms with Crippen LogP contribution in [-0.2, 0) is 7.05 Å². The highest BCUT2D eigenvalue weighted by molar-refractivity contribution is 5.94. The summed E-state index contributed by atoms with van der Waals surface area (Å²) in [5, 5.41) is 15.8. The van der Waals surface area contributed by atoms with Crippen molar-refractivity contribution < 1.29 is 14.6 Å². The fourth-order valence-electron chi connectivity index (χ4n) is 3.25. The van der Waals surface area contributed by atoms with Gasteiger partial charge in [0.1, 0.15) is 6.61 Å². The lowest BCUT2D eigenvalue weighted by molar-refractivity contribution is 0.0951. The van der Waals surface area contributed by atoms with E-state index in [9.17, 15) is 9.59 Å². The molecule has 10 nitrogen and oxygen atoms in total. The molecule has 0 radical (unpaired) electrons. The molecule has 10 heteroatoms. The maximum atomic E-state index is 12.3. The molecule has 0 bridgehead atoms. The van der Waals surface area contributed by atoms with Gasteiger partial charge in [-0.05, 0) is 25.0 Å². The van der Waals surface area contributed by atoms with Gasteiger partial charge in [-0.1, -0.05) is 0 Å². The van der Waals surface area contributed by atoms with E-state index in [0.717, 1.165) is 5.69 Å². The zero-order chi connectivity index (χ0) is 20.4. The Morgan fingerprint density at radius 3 is 3.03 bits per heavy atom. The number of hydrogen-bond acceptors (Lipinski definition) is 7. The number of carbonyl (C=O) groups is 1. The Morgan fingerprint density at radius 2 is 2.21 bits per heavy atom. The number of anilines is 2. The van der Waals surface area contributed by atoms with Crippen LogP contribution < -0.4 is 20.6 Å². The number of amides is 1. The summed E-state index contributed by atoms with van der Waals surface area (Å²) >= 11 is 0. The van der Waals surface area contributed by atoms with E-state index in [4.69, 9.17) is 9.84 Å². The van der Waals surface area contributed by atoms with Gasteiger partial charge in [0.2, 0.25) is 0 Å². The third kappa shape index (κ3) is 3.66. The minimum atomic E-state index is -0.228. The summed E-state index contributed by atoms with van der Waals surface area (Å²) in [6, 6.07) is 5.33. The van der Waals surface area contributed by atoms with Gasteiger partial charge in [0, 0.05) is 44.3 Å². The fourth-order valence-corrected chi connectivity index (χ4v) is 3.25. The molecule has 152 valence electrons. The molecule has 0 spiro atoms. The second kappa shape index (κ2) is 7.92. The minimum Gasteiger partial charge on any atom is -0.488 e. The molecule has 1 amide bonds. The third-order valence-electron chi connectivity index (χ3n) is 4.76. The lowest BCUT2D eigenvalue weighted by Crippen LogP contribution is -2.30. The molecular weight excluding hydrogens is 376 g/mol. The molecule has 2 N–H and O–H groups in total. The van der Waals surface area contributed by atoms with Crippen LogP contribution >= 0.6 is 0 Å². The average molecular weight is 398 g/mol. The van der Waals surface area contributed by atoms with Crippen molar-refractivity contribution in [1.82, 2.24) is 24.5 Å². The maximum Gasteiger partial charge on any atom is 0.350 e. The molecule has 3 aromatic rings. The van der Waals surface area contributed by atoms with Gasteiger partial charge in [-0.15, -0.1) is 0 Å². The number of pyridine rings is 2. The van der Waals surface area contributed by atoms with E-state index in [1.807, 2.05) is 17.0 Å². The van der Waals surface area contributed by atoms with Crippen molar-refractivity contribution in [3.05, 3.63) is 46.6 Å². The smallest absolute Gasteiger partial charge is 0.350 e. The van der Waals surface area contributed by atoms with Gasteiger partial charge in [0.15, 0.2) is 17.2 Å². The Morgan fingerprint density at radius 1 is 1.34 bits per heavy atom. The summed E-state index contributed by atoms with van der Waals surface area (Å²) in [7, 11) is 1.61. The molecule has 4 heterocycles. The highest BCUT2D eigenvalue weighted by Gasteiger charge is 2.23. The number of fused-ring (bicyclic) bond motifs is 2. The van der Waals surface area contributed by atoms with Crippen molar-refractivity contribution in [2.75, 3.05) is 31.2 Å². The number of nitrogens with zero attached hydrogens (tertiary/aromatic N) is 5. The quantitative estimate of drug-likeness (QED) is 0.580. The molecule has 3 aromatic heterocycles. The van der Waals surface area contributed by atoms with Crippen LogP contribution in [-0.4, -0.2) is 56.5 Å². The molecule has 0 saturated carbocycles. The van der Waals surface area contributed by atoms with Crippen LogP contribution in [0.2, 0.25) is 0 Å². The predicted molar refractivity (Wildman–Crippen MR) is 106 cm³/mol. The van der Waals surface area contributed by atoms with Crippen molar-refractivity contribution in [3.63, 3.8) is 0 Å². The molecule has 0 fully saturated rings. The number of aromatic nitrogens is 4. The van der Waals surface area contributed by atoms with Crippen molar-refractivity contribution in [2.24, 2.45) is 7.05 Å². The van der Waals surface area contributed by atoms with Crippen LogP contribution in [0.15, 0.2) is 35.4 Å². The molecule has 1 aliphatic rings. The van der Waals surface area contributed by atoms with E-state index < -0.39 is 0 Å². The fraction of sp³-hybridized carbons (Fsp3) is 0.368. The van der Waals surface area contributed by atoms with E-state index in [1.165, 1.54) is 15.3 Å². The monoisotopic (exact) mass is 398 g/mol. The van der Waals surface area contributed by atoms with Gasteiger partial charge >= 0.3 is 5.69 Å². The van der Waals surface area contributed by atoms with Crippen LogP contribution in [0.5, 0.6) is 5.75 Å². The Labute approximate surface area is 166 Å². The molecule has 0 atom stereocenters. The first-order valence-electron chi connectivity index (χ1n) is 9.43. The van der Waals surface area contributed by atoms with Gasteiger partial charge in [-0.2, -0.15) is 5.10 Å². The third-order valence-corrected chi connectivity index (χ3v) is 4.76. The highest BCUT2D eigenvalue weighted by Crippen LogP contribution is 2.35. The zero-order valence-electron chi connectivity index (χ0n) is 16.0. The summed E-state index contributed by atoms with van der Waals surface area (Å²) in [6.45, 7) is 1.63. The number of aryl methyl sites for hydroxylation is 1. The number of hydrogen-bond donors (Lipinski definition) is 2. The molecule has 0 aliphatic carbocycles. The Balaban J connectivity index is 1.58. The largest absolute Gasteiger partial charge is 0.488 e. The van der Waals surface area contributed by atoms with Crippen molar-refractivity contribution in [3.8, 4) is 5.75 Å². The number of aliphatic hydroxyl groups is 1. The Bertz CT molecular complexity index is 1110. The first-order chi connectivity index (χ1) is 14.1. The van der Waals surface area contributed by atoms with E-state index in [-0.39, 0.29) is 18.2 Å². The van der Waals surface area contributed by atoms with E-state index in [0.29, 0.717) is 55.3 Å². The summed E-state index contributed by atoms with van der Waals surface area (Å²) in [5.74, 6) is 0.904. The van der Waals surface area contributed by atoms with Crippen LogP contribution in [0.1, 0.15) is 23.2 Å². The molecule has 0 saturated heterocycles. The summed E-state index contributed by atoms with van der Waals surface area (Å²) in [5.41, 5.74) is 1.59. The second-order valence-corrected chi connectivity index (χ2v) is 6.75. The number of nitrogens with one attached hydrogen (secondary N) is 1. The predicted octanol–water partition coefficient (Wildman–Crippen LogP) is 0.461. The van der Waals surface area contributed by atoms with Crippen LogP contribution in [0.4, 0.5) is 11.5 Å². The molecule has 4 rings (SSSR count). The van der Waals surface area contributed by atoms with Crippen molar-refractivity contribution in [1.29, 1.82) is 0 Å². The first-order valence-corrected chi connectivity index (χ1v) is 9.43. The zero-order valence-corrected chi connectivity index (χ0v) is 16.0. The van der Waals surface area contributed by atoms with Gasteiger partial charge in [-0.25, -0.2) is 14.5 Å². The van der Waals surface area contributed by atoms with Crippen LogP contribution in [0, 0.1) is 0 Å². The number of aliphatic hydroxyl groups excluding tert-OH is 1. The molecular formula is C19H22N6O4. The lowest BCUT2D eigenvalue weighted by atomic mass is 10.2. The Kier molecular flexibility index (Phi) is 5.17. The molecule has 1 aliphatic heterocycles. The van der Waals surface area contributed by atoms with E-state index in [2.05, 4.69) is 15.4 Å². The number of unbranched alkanes of at least 4 members (excludes halogenated alkanes) is 1. The molecule has 0 aromatic carbocycles.